The zero-order valence-electron chi connectivity index (χ0n) is 10.2. The number of phenolic OH excluding ortho intramolecular Hbond substituents is 1. The van der Waals surface area contributed by atoms with Crippen molar-refractivity contribution >= 4 is 5.69 Å². The van der Waals surface area contributed by atoms with Crippen LogP contribution in [0.1, 0.15) is 11.1 Å². The number of benzene rings is 2. The maximum atomic E-state index is 9.22. The van der Waals surface area contributed by atoms with Gasteiger partial charge in [-0.3, -0.25) is 0 Å². The third kappa shape index (κ3) is 2.80. The van der Waals surface area contributed by atoms with Crippen molar-refractivity contribution in [2.75, 3.05) is 11.9 Å². The Morgan fingerprint density at radius 2 is 1.67 bits per heavy atom. The number of rotatable bonds is 3. The van der Waals surface area contributed by atoms with Crippen LogP contribution in [0.5, 0.6) is 5.75 Å². The first-order valence-corrected chi connectivity index (χ1v) is 5.68. The SMILES string of the molecule is CN(Cc1ccc(O)cc1)c1ccc(C#N)cc1. The van der Waals surface area contributed by atoms with Crippen molar-refractivity contribution in [2.45, 2.75) is 6.54 Å². The van der Waals surface area contributed by atoms with Gasteiger partial charge in [0.15, 0.2) is 0 Å². The lowest BCUT2D eigenvalue weighted by atomic mass is 10.1. The Balaban J connectivity index is 2.09. The molecule has 90 valence electrons. The third-order valence-electron chi connectivity index (χ3n) is 2.79. The van der Waals surface area contributed by atoms with Gasteiger partial charge in [-0.1, -0.05) is 12.1 Å². The van der Waals surface area contributed by atoms with Gasteiger partial charge in [0.25, 0.3) is 0 Å². The molecule has 0 aliphatic rings. The van der Waals surface area contributed by atoms with E-state index in [1.807, 2.05) is 43.4 Å². The molecule has 0 atom stereocenters. The Kier molecular flexibility index (Phi) is 3.49. The number of anilines is 1. The predicted molar refractivity (Wildman–Crippen MR) is 71.4 cm³/mol. The van der Waals surface area contributed by atoms with Crippen molar-refractivity contribution in [3.63, 3.8) is 0 Å². The molecule has 0 fully saturated rings. The van der Waals surface area contributed by atoms with Gasteiger partial charge in [-0.25, -0.2) is 0 Å². The van der Waals surface area contributed by atoms with Gasteiger partial charge >= 0.3 is 0 Å². The Morgan fingerprint density at radius 3 is 2.22 bits per heavy atom. The quantitative estimate of drug-likeness (QED) is 0.894. The molecule has 0 amide bonds. The highest BCUT2D eigenvalue weighted by atomic mass is 16.3. The maximum absolute atomic E-state index is 9.22. The predicted octanol–water partition coefficient (Wildman–Crippen LogP) is 2.90. The molecule has 3 nitrogen and oxygen atoms in total. The monoisotopic (exact) mass is 238 g/mol. The molecule has 0 heterocycles. The zero-order valence-corrected chi connectivity index (χ0v) is 10.2. The van der Waals surface area contributed by atoms with Gasteiger partial charge in [-0.05, 0) is 42.0 Å². The standard InChI is InChI=1S/C15H14N2O/c1-17(11-13-4-8-15(18)9-5-13)14-6-2-12(10-16)3-7-14/h2-9,18H,11H2,1H3. The van der Waals surface area contributed by atoms with Gasteiger partial charge in [-0.2, -0.15) is 5.26 Å². The second-order valence-electron chi connectivity index (χ2n) is 4.18. The molecule has 1 N–H and O–H groups in total. The summed E-state index contributed by atoms with van der Waals surface area (Å²) in [5, 5.41) is 18.0. The van der Waals surface area contributed by atoms with Crippen LogP contribution in [0.3, 0.4) is 0 Å². The van der Waals surface area contributed by atoms with Gasteiger partial charge in [0.2, 0.25) is 0 Å². The molecule has 0 aliphatic carbocycles. The van der Waals surface area contributed by atoms with Crippen LogP contribution in [0.25, 0.3) is 0 Å². The van der Waals surface area contributed by atoms with Crippen LogP contribution >= 0.6 is 0 Å². The molecular formula is C15H14N2O. The number of hydrogen-bond donors (Lipinski definition) is 1. The summed E-state index contributed by atoms with van der Waals surface area (Å²) in [4.78, 5) is 2.09. The van der Waals surface area contributed by atoms with Crippen LogP contribution in [0, 0.1) is 11.3 Å². The minimum Gasteiger partial charge on any atom is -0.508 e. The minimum atomic E-state index is 0.278. The molecule has 0 unspecified atom stereocenters. The van der Waals surface area contributed by atoms with Crippen LogP contribution in [-0.4, -0.2) is 12.2 Å². The highest BCUT2D eigenvalue weighted by molar-refractivity contribution is 5.49. The lowest BCUT2D eigenvalue weighted by Crippen LogP contribution is -2.16. The van der Waals surface area contributed by atoms with Crippen molar-refractivity contribution in [3.05, 3.63) is 59.7 Å². The van der Waals surface area contributed by atoms with Crippen molar-refractivity contribution in [3.8, 4) is 11.8 Å². The molecule has 0 aliphatic heterocycles. The zero-order chi connectivity index (χ0) is 13.0. The van der Waals surface area contributed by atoms with Crippen LogP contribution in [0.4, 0.5) is 5.69 Å². The number of phenols is 1. The van der Waals surface area contributed by atoms with E-state index in [0.29, 0.717) is 5.56 Å². The number of hydrogen-bond acceptors (Lipinski definition) is 3. The summed E-state index contributed by atoms with van der Waals surface area (Å²) in [6.07, 6.45) is 0. The Bertz CT molecular complexity index is 553. The average Bonchev–Trinajstić information content (AvgIpc) is 2.41. The molecule has 0 aromatic heterocycles. The molecule has 0 radical (unpaired) electrons. The second kappa shape index (κ2) is 5.24. The van der Waals surface area contributed by atoms with E-state index in [2.05, 4.69) is 11.0 Å². The van der Waals surface area contributed by atoms with Gasteiger partial charge in [0, 0.05) is 19.3 Å². The topological polar surface area (TPSA) is 47.3 Å². The van der Waals surface area contributed by atoms with E-state index in [0.717, 1.165) is 17.8 Å². The fourth-order valence-corrected chi connectivity index (χ4v) is 1.76. The summed E-state index contributed by atoms with van der Waals surface area (Å²) in [5.74, 6) is 0.278. The molecule has 0 spiro atoms. The molecule has 0 saturated carbocycles. The Labute approximate surface area is 107 Å². The van der Waals surface area contributed by atoms with Crippen LogP contribution in [-0.2, 0) is 6.54 Å². The van der Waals surface area contributed by atoms with E-state index in [1.165, 1.54) is 0 Å². The fourth-order valence-electron chi connectivity index (χ4n) is 1.76. The third-order valence-corrected chi connectivity index (χ3v) is 2.79. The van der Waals surface area contributed by atoms with Gasteiger partial charge in [-0.15, -0.1) is 0 Å². The van der Waals surface area contributed by atoms with Crippen LogP contribution in [0.15, 0.2) is 48.5 Å². The summed E-state index contributed by atoms with van der Waals surface area (Å²) < 4.78 is 0. The maximum Gasteiger partial charge on any atom is 0.115 e. The number of nitrogens with zero attached hydrogens (tertiary/aromatic N) is 2. The van der Waals surface area contributed by atoms with Gasteiger partial charge in [0.1, 0.15) is 5.75 Å². The van der Waals surface area contributed by atoms with Crippen molar-refractivity contribution in [1.82, 2.24) is 0 Å². The molecule has 2 rings (SSSR count). The molecular weight excluding hydrogens is 224 g/mol. The molecule has 18 heavy (non-hydrogen) atoms. The van der Waals surface area contributed by atoms with Crippen LogP contribution in [0.2, 0.25) is 0 Å². The summed E-state index contributed by atoms with van der Waals surface area (Å²) >= 11 is 0. The number of aromatic hydroxyl groups is 1. The van der Waals surface area contributed by atoms with E-state index in [9.17, 15) is 5.11 Å². The van der Waals surface area contributed by atoms with Crippen molar-refractivity contribution in [2.24, 2.45) is 0 Å². The van der Waals surface area contributed by atoms with E-state index in [1.54, 1.807) is 12.1 Å². The summed E-state index contributed by atoms with van der Waals surface area (Å²) in [7, 11) is 1.99. The smallest absolute Gasteiger partial charge is 0.115 e. The number of nitriles is 1. The van der Waals surface area contributed by atoms with Crippen LogP contribution < -0.4 is 4.90 Å². The molecule has 3 heteroatoms. The average molecular weight is 238 g/mol. The first-order chi connectivity index (χ1) is 8.69. The Morgan fingerprint density at radius 1 is 1.06 bits per heavy atom. The first kappa shape index (κ1) is 12.0. The summed E-state index contributed by atoms with van der Waals surface area (Å²) in [6.45, 7) is 0.756. The van der Waals surface area contributed by atoms with E-state index in [4.69, 9.17) is 5.26 Å². The summed E-state index contributed by atoms with van der Waals surface area (Å²) in [6, 6.07) is 16.7. The molecule has 2 aromatic rings. The Hall–Kier alpha value is -2.47. The minimum absolute atomic E-state index is 0.278. The summed E-state index contributed by atoms with van der Waals surface area (Å²) in [5.41, 5.74) is 2.85. The second-order valence-corrected chi connectivity index (χ2v) is 4.18. The largest absolute Gasteiger partial charge is 0.508 e. The van der Waals surface area contributed by atoms with Crippen molar-refractivity contribution in [1.29, 1.82) is 5.26 Å². The van der Waals surface area contributed by atoms with E-state index < -0.39 is 0 Å². The highest BCUT2D eigenvalue weighted by Gasteiger charge is 2.02. The molecule has 0 saturated heterocycles. The molecule has 2 aromatic carbocycles. The first-order valence-electron chi connectivity index (χ1n) is 5.68. The molecule has 0 bridgehead atoms. The van der Waals surface area contributed by atoms with E-state index in [-0.39, 0.29) is 5.75 Å². The van der Waals surface area contributed by atoms with Gasteiger partial charge < -0.3 is 10.0 Å². The van der Waals surface area contributed by atoms with Gasteiger partial charge in [0.05, 0.1) is 11.6 Å². The lowest BCUT2D eigenvalue weighted by molar-refractivity contribution is 0.475. The van der Waals surface area contributed by atoms with Crippen molar-refractivity contribution < 1.29 is 5.11 Å². The van der Waals surface area contributed by atoms with E-state index >= 15 is 0 Å². The fraction of sp³-hybridized carbons (Fsp3) is 0.133. The lowest BCUT2D eigenvalue weighted by Gasteiger charge is -2.19. The highest BCUT2D eigenvalue weighted by Crippen LogP contribution is 2.17. The normalized spacial score (nSPS) is 9.78.